The number of alkyl halides is 3. The number of amides is 1. The van der Waals surface area contributed by atoms with E-state index < -0.39 is 24.3 Å². The molecule has 2 rings (SSSR count). The molecular formula is C22H26ClF3N2O3. The average molecular weight is 459 g/mol. The van der Waals surface area contributed by atoms with E-state index in [0.717, 1.165) is 49.1 Å². The number of hydrogen-bond donors (Lipinski definition) is 1. The minimum atomic E-state index is -4.50. The fraction of sp³-hybridized carbons (Fsp3) is 0.409. The summed E-state index contributed by atoms with van der Waals surface area (Å²) in [6, 6.07) is 7.96. The second kappa shape index (κ2) is 11.2. The van der Waals surface area contributed by atoms with Crippen molar-refractivity contribution in [1.82, 2.24) is 4.90 Å². The number of anilines is 1. The molecule has 0 atom stereocenters. The van der Waals surface area contributed by atoms with Crippen LogP contribution in [-0.4, -0.2) is 43.7 Å². The maximum atomic E-state index is 12.7. The number of carbonyl (C=O) groups excluding carboxylic acids is 1. The van der Waals surface area contributed by atoms with E-state index in [1.807, 2.05) is 6.92 Å². The molecule has 0 radical (unpaired) electrons. The Labute approximate surface area is 185 Å². The molecule has 31 heavy (non-hydrogen) atoms. The average Bonchev–Trinajstić information content (AvgIpc) is 2.71. The molecule has 0 heterocycles. The van der Waals surface area contributed by atoms with Crippen LogP contribution >= 0.6 is 11.6 Å². The van der Waals surface area contributed by atoms with Gasteiger partial charge in [-0.1, -0.05) is 25.4 Å². The van der Waals surface area contributed by atoms with E-state index in [2.05, 4.69) is 24.1 Å². The Hall–Kier alpha value is -2.45. The van der Waals surface area contributed by atoms with Crippen molar-refractivity contribution >= 4 is 23.2 Å². The molecule has 0 saturated carbocycles. The largest absolute Gasteiger partial charge is 0.492 e. The molecule has 0 aliphatic carbocycles. The highest BCUT2D eigenvalue weighted by atomic mass is 35.5. The summed E-state index contributed by atoms with van der Waals surface area (Å²) in [7, 11) is 0. The summed E-state index contributed by atoms with van der Waals surface area (Å²) in [5.41, 5.74) is 0.536. The van der Waals surface area contributed by atoms with Crippen molar-refractivity contribution in [3.8, 4) is 11.5 Å². The smallest absolute Gasteiger partial charge is 0.416 e. The Balaban J connectivity index is 1.87. The first-order valence-electron chi connectivity index (χ1n) is 9.89. The van der Waals surface area contributed by atoms with E-state index in [0.29, 0.717) is 12.3 Å². The Bertz CT molecular complexity index is 887. The molecule has 0 aliphatic heterocycles. The number of nitrogens with one attached hydrogen (secondary N) is 1. The third kappa shape index (κ3) is 7.63. The lowest BCUT2D eigenvalue weighted by Crippen LogP contribution is -2.28. The first-order chi connectivity index (χ1) is 14.6. The van der Waals surface area contributed by atoms with Crippen LogP contribution in [0.5, 0.6) is 11.5 Å². The molecule has 2 aromatic rings. The lowest BCUT2D eigenvalue weighted by molar-refractivity contribution is -0.137. The van der Waals surface area contributed by atoms with E-state index in [1.54, 1.807) is 18.2 Å². The third-order valence-corrected chi connectivity index (χ3v) is 4.93. The van der Waals surface area contributed by atoms with Crippen molar-refractivity contribution in [2.45, 2.75) is 26.9 Å². The zero-order valence-electron chi connectivity index (χ0n) is 17.7. The molecule has 2 aromatic carbocycles. The SMILES string of the molecule is CCN(CC)CCOc1ccc(NC(=O)COc2ccc(C(F)(F)F)cc2Cl)cc1C. The van der Waals surface area contributed by atoms with Crippen LogP contribution in [0.15, 0.2) is 36.4 Å². The number of hydrogen-bond acceptors (Lipinski definition) is 4. The number of likely N-dealkylation sites (N-methyl/N-ethyl adjacent to an activating group) is 1. The normalized spacial score (nSPS) is 11.5. The molecule has 0 bridgehead atoms. The molecular weight excluding hydrogens is 433 g/mol. The van der Waals surface area contributed by atoms with Gasteiger partial charge in [-0.15, -0.1) is 0 Å². The Morgan fingerprint density at radius 1 is 1.06 bits per heavy atom. The highest BCUT2D eigenvalue weighted by Gasteiger charge is 2.31. The number of nitrogens with zero attached hydrogens (tertiary/aromatic N) is 1. The van der Waals surface area contributed by atoms with Crippen molar-refractivity contribution in [2.75, 3.05) is 38.2 Å². The quantitative estimate of drug-likeness (QED) is 0.517. The van der Waals surface area contributed by atoms with Crippen molar-refractivity contribution in [2.24, 2.45) is 0 Å². The second-order valence-corrected chi connectivity index (χ2v) is 7.24. The van der Waals surface area contributed by atoms with Crippen molar-refractivity contribution in [3.63, 3.8) is 0 Å². The summed E-state index contributed by atoms with van der Waals surface area (Å²) in [6.07, 6.45) is -4.50. The minimum Gasteiger partial charge on any atom is -0.492 e. The van der Waals surface area contributed by atoms with Crippen LogP contribution in [-0.2, 0) is 11.0 Å². The van der Waals surface area contributed by atoms with Crippen LogP contribution < -0.4 is 14.8 Å². The van der Waals surface area contributed by atoms with Gasteiger partial charge in [0.1, 0.15) is 18.1 Å². The third-order valence-electron chi connectivity index (χ3n) is 4.64. The number of halogens is 4. The molecule has 1 N–H and O–H groups in total. The minimum absolute atomic E-state index is 0.00190. The maximum absolute atomic E-state index is 12.7. The summed E-state index contributed by atoms with van der Waals surface area (Å²) in [6.45, 7) is 8.99. The molecule has 0 aliphatic rings. The van der Waals surface area contributed by atoms with Gasteiger partial charge < -0.3 is 19.7 Å². The second-order valence-electron chi connectivity index (χ2n) is 6.84. The molecule has 5 nitrogen and oxygen atoms in total. The molecule has 0 spiro atoms. The van der Waals surface area contributed by atoms with Gasteiger partial charge in [0.25, 0.3) is 5.91 Å². The zero-order valence-corrected chi connectivity index (χ0v) is 18.4. The number of carbonyl (C=O) groups is 1. The highest BCUT2D eigenvalue weighted by Crippen LogP contribution is 2.34. The summed E-state index contributed by atoms with van der Waals surface area (Å²) >= 11 is 5.82. The van der Waals surface area contributed by atoms with E-state index in [-0.39, 0.29) is 10.8 Å². The predicted molar refractivity (Wildman–Crippen MR) is 115 cm³/mol. The standard InChI is InChI=1S/C22H26ClF3N2O3/c1-4-28(5-2)10-11-30-19-9-7-17(12-15(19)3)27-21(29)14-31-20-8-6-16(13-18(20)23)22(24,25)26/h6-9,12-13H,4-5,10-11,14H2,1-3H3,(H,27,29). The van der Waals surface area contributed by atoms with Crippen LogP contribution in [0.1, 0.15) is 25.0 Å². The van der Waals surface area contributed by atoms with E-state index in [1.165, 1.54) is 0 Å². The Morgan fingerprint density at radius 3 is 2.32 bits per heavy atom. The van der Waals surface area contributed by atoms with E-state index in [9.17, 15) is 18.0 Å². The van der Waals surface area contributed by atoms with Crippen LogP contribution in [0.25, 0.3) is 0 Å². The van der Waals surface area contributed by atoms with E-state index >= 15 is 0 Å². The topological polar surface area (TPSA) is 50.8 Å². The van der Waals surface area contributed by atoms with Gasteiger partial charge in [-0.2, -0.15) is 13.2 Å². The Morgan fingerprint density at radius 2 is 1.74 bits per heavy atom. The maximum Gasteiger partial charge on any atom is 0.416 e. The fourth-order valence-electron chi connectivity index (χ4n) is 2.85. The number of ether oxygens (including phenoxy) is 2. The molecule has 1 amide bonds. The number of benzene rings is 2. The molecule has 0 saturated heterocycles. The summed E-state index contributed by atoms with van der Waals surface area (Å²) < 4.78 is 49.1. The Kier molecular flexibility index (Phi) is 9.00. The van der Waals surface area contributed by atoms with Gasteiger partial charge in [0.05, 0.1) is 10.6 Å². The van der Waals surface area contributed by atoms with Crippen molar-refractivity contribution in [1.29, 1.82) is 0 Å². The van der Waals surface area contributed by atoms with Gasteiger partial charge in [0.15, 0.2) is 6.61 Å². The lowest BCUT2D eigenvalue weighted by atomic mass is 10.2. The van der Waals surface area contributed by atoms with Gasteiger partial charge in [-0.05, 0) is 62.0 Å². The van der Waals surface area contributed by atoms with Crippen LogP contribution in [0, 0.1) is 6.92 Å². The monoisotopic (exact) mass is 458 g/mol. The summed E-state index contributed by atoms with van der Waals surface area (Å²) in [5.74, 6) is 0.265. The first kappa shape index (κ1) is 24.8. The van der Waals surface area contributed by atoms with Gasteiger partial charge in [0, 0.05) is 12.2 Å². The molecule has 170 valence electrons. The summed E-state index contributed by atoms with van der Waals surface area (Å²) in [4.78, 5) is 14.4. The molecule has 0 unspecified atom stereocenters. The van der Waals surface area contributed by atoms with Gasteiger partial charge >= 0.3 is 6.18 Å². The van der Waals surface area contributed by atoms with Crippen molar-refractivity contribution in [3.05, 3.63) is 52.5 Å². The molecule has 9 heteroatoms. The van der Waals surface area contributed by atoms with Gasteiger partial charge in [0.2, 0.25) is 0 Å². The van der Waals surface area contributed by atoms with Crippen molar-refractivity contribution < 1.29 is 27.4 Å². The van der Waals surface area contributed by atoms with E-state index in [4.69, 9.17) is 21.1 Å². The number of rotatable bonds is 10. The highest BCUT2D eigenvalue weighted by molar-refractivity contribution is 6.32. The predicted octanol–water partition coefficient (Wildman–Crippen LogP) is 5.41. The van der Waals surface area contributed by atoms with Gasteiger partial charge in [-0.25, -0.2) is 0 Å². The zero-order chi connectivity index (χ0) is 23.0. The molecule has 0 fully saturated rings. The van der Waals surface area contributed by atoms with Gasteiger partial charge in [-0.3, -0.25) is 4.79 Å². The first-order valence-corrected chi connectivity index (χ1v) is 10.3. The van der Waals surface area contributed by atoms with Crippen LogP contribution in [0.3, 0.4) is 0 Å². The summed E-state index contributed by atoms with van der Waals surface area (Å²) in [5, 5.41) is 2.46. The fourth-order valence-corrected chi connectivity index (χ4v) is 3.08. The lowest BCUT2D eigenvalue weighted by Gasteiger charge is -2.18. The molecule has 0 aromatic heterocycles. The van der Waals surface area contributed by atoms with Crippen LogP contribution in [0.4, 0.5) is 18.9 Å². The van der Waals surface area contributed by atoms with Crippen LogP contribution in [0.2, 0.25) is 5.02 Å². The number of aryl methyl sites for hydroxylation is 1.